The number of nitrogens with zero attached hydrogens (tertiary/aromatic N) is 5. The molecule has 3 fully saturated rings. The minimum absolute atomic E-state index is 0.0233. The zero-order valence-electron chi connectivity index (χ0n) is 26.3. The number of phenolic OH excluding ortho intramolecular Hbond substituents is 1. The summed E-state index contributed by atoms with van der Waals surface area (Å²) in [6.07, 6.45) is 10.1. The third-order valence-electron chi connectivity index (χ3n) is 10.1. The predicted octanol–water partition coefficient (Wildman–Crippen LogP) is 3.11. The molecule has 3 unspecified atom stereocenters. The van der Waals surface area contributed by atoms with Crippen LogP contribution in [-0.4, -0.2) is 101 Å². The van der Waals surface area contributed by atoms with Crippen molar-refractivity contribution in [1.82, 2.24) is 30.5 Å². The minimum atomic E-state index is -0.778. The van der Waals surface area contributed by atoms with E-state index in [2.05, 4.69) is 31.4 Å². The van der Waals surface area contributed by atoms with Crippen molar-refractivity contribution in [1.29, 1.82) is 0 Å². The van der Waals surface area contributed by atoms with Crippen molar-refractivity contribution in [3.8, 4) is 35.4 Å². The predicted molar refractivity (Wildman–Crippen MR) is 175 cm³/mol. The molecule has 8 rings (SSSR count). The quantitative estimate of drug-likeness (QED) is 0.264. The summed E-state index contributed by atoms with van der Waals surface area (Å²) in [5.41, 5.74) is -0.363. The molecule has 3 saturated heterocycles. The molecule has 6 heterocycles. The van der Waals surface area contributed by atoms with Crippen molar-refractivity contribution in [2.45, 2.75) is 43.4 Å². The summed E-state index contributed by atoms with van der Waals surface area (Å²) in [6, 6.07) is 5.40. The number of hydrogen-bond donors (Lipinski definition) is 3. The molecule has 4 aliphatic heterocycles. The Hall–Kier alpha value is -4.64. The summed E-state index contributed by atoms with van der Waals surface area (Å²) >= 11 is 0. The smallest absolute Gasteiger partial charge is 0.319 e. The van der Waals surface area contributed by atoms with Gasteiger partial charge in [-0.1, -0.05) is 12.0 Å². The van der Waals surface area contributed by atoms with Crippen LogP contribution in [0.2, 0.25) is 0 Å². The lowest BCUT2D eigenvalue weighted by Crippen LogP contribution is -2.55. The van der Waals surface area contributed by atoms with Crippen LogP contribution in [-0.2, 0) is 9.53 Å². The minimum Gasteiger partial charge on any atom is -0.508 e. The van der Waals surface area contributed by atoms with Gasteiger partial charge in [0, 0.05) is 62.3 Å². The van der Waals surface area contributed by atoms with Gasteiger partial charge in [-0.3, -0.25) is 14.7 Å². The first-order chi connectivity index (χ1) is 23.3. The number of nitrogens with one attached hydrogen (secondary N) is 2. The SMILES string of the molecule is C#Cc1c(F)ccc2cc(O)cc(-c3ncc4c5nc(nc4c3F)OCC34CCCN3CC(C4)OCCC(=O)NCC3CN5CCN3)c12. The second-order valence-electron chi connectivity index (χ2n) is 13.1. The summed E-state index contributed by atoms with van der Waals surface area (Å²) in [7, 11) is 0. The van der Waals surface area contributed by atoms with Crippen LogP contribution in [0, 0.1) is 24.0 Å². The van der Waals surface area contributed by atoms with E-state index in [0.29, 0.717) is 56.0 Å². The highest BCUT2D eigenvalue weighted by atomic mass is 19.1. The third-order valence-corrected chi connectivity index (χ3v) is 10.1. The number of carbonyl (C=O) groups is 1. The first-order valence-electron chi connectivity index (χ1n) is 16.3. The Morgan fingerprint density at radius 1 is 1.17 bits per heavy atom. The molecule has 1 amide bonds. The molecule has 2 aromatic carbocycles. The van der Waals surface area contributed by atoms with E-state index in [1.54, 1.807) is 0 Å². The molecule has 4 aromatic rings. The average Bonchev–Trinajstić information content (AvgIpc) is 3.63. The molecule has 11 nitrogen and oxygen atoms in total. The number of halogens is 2. The van der Waals surface area contributed by atoms with Gasteiger partial charge in [-0.25, -0.2) is 8.78 Å². The lowest BCUT2D eigenvalue weighted by Gasteiger charge is -2.35. The van der Waals surface area contributed by atoms with Crippen molar-refractivity contribution in [2.75, 3.05) is 57.4 Å². The standard InChI is InChI=1S/C35H35F2N7O4/c1-2-24-27(36)5-4-20-12-22(45)13-25(29(20)24)31-30(37)32-26(16-40-31)33-42-34(41-32)48-19-35-7-3-9-44(35)18-23(14-35)47-11-6-28(46)39-15-21-17-43(33)10-8-38-21/h1,4-5,12-13,16,21,23,38,45H,3,6-11,14-15,17-19H2,(H,39,46). The van der Waals surface area contributed by atoms with Crippen LogP contribution in [0.3, 0.4) is 0 Å². The molecule has 3 N–H and O–H groups in total. The molecule has 6 bridgehead atoms. The molecule has 48 heavy (non-hydrogen) atoms. The fraction of sp³-hybridized carbons (Fsp3) is 0.429. The number of aromatic hydroxyl groups is 1. The van der Waals surface area contributed by atoms with E-state index < -0.39 is 11.6 Å². The Morgan fingerprint density at radius 3 is 2.94 bits per heavy atom. The van der Waals surface area contributed by atoms with Gasteiger partial charge in [0.25, 0.3) is 0 Å². The number of amides is 1. The molecule has 248 valence electrons. The third kappa shape index (κ3) is 5.34. The lowest BCUT2D eigenvalue weighted by atomic mass is 9.94. The van der Waals surface area contributed by atoms with Crippen molar-refractivity contribution < 1.29 is 28.2 Å². The van der Waals surface area contributed by atoms with E-state index in [1.807, 2.05) is 4.90 Å². The maximum atomic E-state index is 16.9. The summed E-state index contributed by atoms with van der Waals surface area (Å²) in [4.78, 5) is 31.0. The van der Waals surface area contributed by atoms with E-state index in [-0.39, 0.29) is 69.5 Å². The molecule has 4 aliphatic rings. The van der Waals surface area contributed by atoms with Crippen molar-refractivity contribution in [3.05, 3.63) is 47.7 Å². The molecule has 2 aromatic heterocycles. The molecule has 3 atom stereocenters. The zero-order chi connectivity index (χ0) is 33.0. The van der Waals surface area contributed by atoms with Crippen molar-refractivity contribution in [2.24, 2.45) is 0 Å². The van der Waals surface area contributed by atoms with Crippen LogP contribution in [0.25, 0.3) is 32.9 Å². The van der Waals surface area contributed by atoms with Gasteiger partial charge in [-0.15, -0.1) is 6.42 Å². The van der Waals surface area contributed by atoms with Gasteiger partial charge in [0.05, 0.1) is 29.2 Å². The first kappa shape index (κ1) is 30.7. The second-order valence-corrected chi connectivity index (χ2v) is 13.1. The highest BCUT2D eigenvalue weighted by molar-refractivity contribution is 6.03. The van der Waals surface area contributed by atoms with Gasteiger partial charge in [-0.2, -0.15) is 9.97 Å². The molecule has 1 spiro atoms. The van der Waals surface area contributed by atoms with Crippen molar-refractivity contribution in [3.63, 3.8) is 0 Å². The molecule has 0 saturated carbocycles. The average molecular weight is 656 g/mol. The number of aromatic nitrogens is 3. The second kappa shape index (κ2) is 12.1. The van der Waals surface area contributed by atoms with Gasteiger partial charge in [0.2, 0.25) is 5.91 Å². The van der Waals surface area contributed by atoms with Gasteiger partial charge in [0.1, 0.15) is 35.2 Å². The Bertz CT molecular complexity index is 1990. The number of carbonyl (C=O) groups excluding carboxylic acids is 1. The number of piperazine rings is 1. The Balaban J connectivity index is 1.27. The van der Waals surface area contributed by atoms with Crippen LogP contribution in [0.1, 0.15) is 31.2 Å². The molecule has 13 heteroatoms. The van der Waals surface area contributed by atoms with E-state index in [1.165, 1.54) is 30.5 Å². The monoisotopic (exact) mass is 655 g/mol. The van der Waals surface area contributed by atoms with Crippen LogP contribution in [0.4, 0.5) is 14.6 Å². The number of anilines is 1. The van der Waals surface area contributed by atoms with Crippen LogP contribution in [0.15, 0.2) is 30.5 Å². The fourth-order valence-corrected chi connectivity index (χ4v) is 7.84. The lowest BCUT2D eigenvalue weighted by molar-refractivity contribution is -0.122. The summed E-state index contributed by atoms with van der Waals surface area (Å²) in [5.74, 6) is 1.19. The molecular weight excluding hydrogens is 620 g/mol. The number of terminal acetylenes is 1. The van der Waals surface area contributed by atoms with Crippen LogP contribution >= 0.6 is 0 Å². The van der Waals surface area contributed by atoms with Crippen LogP contribution in [0.5, 0.6) is 11.8 Å². The molecule has 0 radical (unpaired) electrons. The first-order valence-corrected chi connectivity index (χ1v) is 16.3. The Labute approximate surface area is 275 Å². The highest BCUT2D eigenvalue weighted by Crippen LogP contribution is 2.42. The zero-order valence-corrected chi connectivity index (χ0v) is 26.3. The molecule has 0 aliphatic carbocycles. The summed E-state index contributed by atoms with van der Waals surface area (Å²) < 4.78 is 44.3. The Kier molecular flexibility index (Phi) is 7.74. The topological polar surface area (TPSA) is 125 Å². The highest BCUT2D eigenvalue weighted by Gasteiger charge is 2.49. The largest absolute Gasteiger partial charge is 0.508 e. The van der Waals surface area contributed by atoms with Gasteiger partial charge < -0.3 is 30.1 Å². The summed E-state index contributed by atoms with van der Waals surface area (Å²) in [5, 5.41) is 18.1. The van der Waals surface area contributed by atoms with Crippen LogP contribution < -0.4 is 20.3 Å². The fourth-order valence-electron chi connectivity index (χ4n) is 7.84. The van der Waals surface area contributed by atoms with E-state index in [9.17, 15) is 14.3 Å². The number of fused-ring (bicyclic) bond motifs is 9. The van der Waals surface area contributed by atoms with Gasteiger partial charge in [0.15, 0.2) is 5.82 Å². The number of benzene rings is 2. The number of rotatable bonds is 1. The van der Waals surface area contributed by atoms with Crippen molar-refractivity contribution >= 4 is 33.4 Å². The Morgan fingerprint density at radius 2 is 2.06 bits per heavy atom. The maximum absolute atomic E-state index is 16.9. The summed E-state index contributed by atoms with van der Waals surface area (Å²) in [6.45, 7) is 4.35. The van der Waals surface area contributed by atoms with E-state index >= 15 is 4.39 Å². The van der Waals surface area contributed by atoms with E-state index in [0.717, 1.165) is 32.4 Å². The normalized spacial score (nSPS) is 24.9. The molecular formula is C35H35F2N7O4. The number of pyridine rings is 1. The van der Waals surface area contributed by atoms with Gasteiger partial charge >= 0.3 is 6.01 Å². The van der Waals surface area contributed by atoms with E-state index in [4.69, 9.17) is 20.9 Å². The number of hydrogen-bond acceptors (Lipinski definition) is 10. The number of ether oxygens (including phenoxy) is 2. The number of phenols is 1. The van der Waals surface area contributed by atoms with Gasteiger partial charge in [-0.05, 0) is 49.4 Å². The maximum Gasteiger partial charge on any atom is 0.319 e.